The average molecular weight is 138 g/mol. The van der Waals surface area contributed by atoms with Crippen LogP contribution in [0.5, 0.6) is 0 Å². The fourth-order valence-electron chi connectivity index (χ4n) is 1.38. The van der Waals surface area contributed by atoms with Gasteiger partial charge in [0.15, 0.2) is 0 Å². The lowest BCUT2D eigenvalue weighted by molar-refractivity contribution is 0.540. The number of imidazole rings is 1. The van der Waals surface area contributed by atoms with Crippen LogP contribution in [-0.4, -0.2) is 9.55 Å². The SMILES string of the molecule is NNC1CCn2ccnc21. The third kappa shape index (κ3) is 0.661. The van der Waals surface area contributed by atoms with E-state index in [0.29, 0.717) is 0 Å². The second-order valence-corrected chi connectivity index (χ2v) is 2.49. The third-order valence-corrected chi connectivity index (χ3v) is 1.92. The van der Waals surface area contributed by atoms with Crippen LogP contribution in [0, 0.1) is 0 Å². The third-order valence-electron chi connectivity index (χ3n) is 1.92. The molecule has 54 valence electrons. The molecule has 10 heavy (non-hydrogen) atoms. The molecule has 0 radical (unpaired) electrons. The summed E-state index contributed by atoms with van der Waals surface area (Å²) in [5, 5.41) is 0. The molecule has 3 N–H and O–H groups in total. The van der Waals surface area contributed by atoms with Gasteiger partial charge in [-0.15, -0.1) is 0 Å². The molecular weight excluding hydrogens is 128 g/mol. The molecule has 1 atom stereocenters. The molecule has 0 amide bonds. The van der Waals surface area contributed by atoms with Crippen molar-refractivity contribution in [3.05, 3.63) is 18.2 Å². The van der Waals surface area contributed by atoms with Crippen molar-refractivity contribution in [2.24, 2.45) is 5.84 Å². The summed E-state index contributed by atoms with van der Waals surface area (Å²) in [5.41, 5.74) is 2.72. The van der Waals surface area contributed by atoms with Gasteiger partial charge in [0, 0.05) is 18.9 Å². The lowest BCUT2D eigenvalue weighted by Crippen LogP contribution is -2.26. The average Bonchev–Trinajstić information content (AvgIpc) is 2.44. The smallest absolute Gasteiger partial charge is 0.127 e. The van der Waals surface area contributed by atoms with Crippen LogP contribution in [-0.2, 0) is 6.54 Å². The number of rotatable bonds is 1. The lowest BCUT2D eigenvalue weighted by atomic mass is 10.2. The first kappa shape index (κ1) is 5.88. The van der Waals surface area contributed by atoms with E-state index in [2.05, 4.69) is 15.0 Å². The number of hydrazine groups is 1. The molecule has 2 heterocycles. The van der Waals surface area contributed by atoms with E-state index in [1.807, 2.05) is 6.20 Å². The van der Waals surface area contributed by atoms with Crippen molar-refractivity contribution in [3.63, 3.8) is 0 Å². The zero-order chi connectivity index (χ0) is 6.97. The molecule has 1 aliphatic rings. The highest BCUT2D eigenvalue weighted by Gasteiger charge is 2.21. The van der Waals surface area contributed by atoms with Crippen LogP contribution < -0.4 is 11.3 Å². The first-order valence-corrected chi connectivity index (χ1v) is 3.39. The van der Waals surface area contributed by atoms with Crippen LogP contribution in [0.15, 0.2) is 12.4 Å². The standard InChI is InChI=1S/C6H10N4/c7-9-5-1-3-10-4-2-8-6(5)10/h2,4-5,9H,1,3,7H2. The lowest BCUT2D eigenvalue weighted by Gasteiger charge is -2.03. The fraction of sp³-hybridized carbons (Fsp3) is 0.500. The summed E-state index contributed by atoms with van der Waals surface area (Å²) in [5.74, 6) is 6.36. The number of aryl methyl sites for hydroxylation is 1. The minimum atomic E-state index is 0.259. The largest absolute Gasteiger partial charge is 0.334 e. The fourth-order valence-corrected chi connectivity index (χ4v) is 1.38. The van der Waals surface area contributed by atoms with Gasteiger partial charge in [-0.3, -0.25) is 5.84 Å². The molecule has 0 aliphatic carbocycles. The van der Waals surface area contributed by atoms with Gasteiger partial charge in [-0.1, -0.05) is 0 Å². The summed E-state index contributed by atoms with van der Waals surface area (Å²) >= 11 is 0. The minimum absolute atomic E-state index is 0.259. The van der Waals surface area contributed by atoms with E-state index >= 15 is 0 Å². The highest BCUT2D eigenvalue weighted by molar-refractivity contribution is 5.03. The zero-order valence-electron chi connectivity index (χ0n) is 5.62. The molecule has 0 saturated carbocycles. The van der Waals surface area contributed by atoms with E-state index in [9.17, 15) is 0 Å². The first-order valence-electron chi connectivity index (χ1n) is 3.39. The molecule has 1 aromatic heterocycles. The van der Waals surface area contributed by atoms with E-state index in [-0.39, 0.29) is 6.04 Å². The maximum absolute atomic E-state index is 5.30. The molecular formula is C6H10N4. The number of hydrogen-bond donors (Lipinski definition) is 2. The molecule has 1 aliphatic heterocycles. The predicted molar refractivity (Wildman–Crippen MR) is 36.9 cm³/mol. The highest BCUT2D eigenvalue weighted by atomic mass is 15.3. The van der Waals surface area contributed by atoms with Crippen LogP contribution in [0.2, 0.25) is 0 Å². The van der Waals surface area contributed by atoms with Crippen LogP contribution >= 0.6 is 0 Å². The molecule has 2 rings (SSSR count). The van der Waals surface area contributed by atoms with Crippen LogP contribution in [0.4, 0.5) is 0 Å². The van der Waals surface area contributed by atoms with Crippen molar-refractivity contribution in [2.75, 3.05) is 0 Å². The predicted octanol–water partition coefficient (Wildman–Crippen LogP) is -0.209. The summed E-state index contributed by atoms with van der Waals surface area (Å²) in [6, 6.07) is 0.259. The van der Waals surface area contributed by atoms with Gasteiger partial charge in [0.25, 0.3) is 0 Å². The topological polar surface area (TPSA) is 55.9 Å². The van der Waals surface area contributed by atoms with Gasteiger partial charge < -0.3 is 4.57 Å². The molecule has 1 unspecified atom stereocenters. The Morgan fingerprint density at radius 3 is 3.50 bits per heavy atom. The second-order valence-electron chi connectivity index (χ2n) is 2.49. The molecule has 0 aromatic carbocycles. The van der Waals surface area contributed by atoms with Gasteiger partial charge in [0.2, 0.25) is 0 Å². The molecule has 0 saturated heterocycles. The molecule has 0 fully saturated rings. The Balaban J connectivity index is 2.34. The number of nitrogens with one attached hydrogen (secondary N) is 1. The van der Waals surface area contributed by atoms with Crippen molar-refractivity contribution in [1.29, 1.82) is 0 Å². The van der Waals surface area contributed by atoms with Crippen LogP contribution in [0.3, 0.4) is 0 Å². The Morgan fingerprint density at radius 2 is 2.70 bits per heavy atom. The van der Waals surface area contributed by atoms with Gasteiger partial charge in [0.05, 0.1) is 6.04 Å². The number of nitrogens with zero attached hydrogens (tertiary/aromatic N) is 2. The minimum Gasteiger partial charge on any atom is -0.334 e. The number of hydrogen-bond acceptors (Lipinski definition) is 3. The van der Waals surface area contributed by atoms with Gasteiger partial charge in [-0.25, -0.2) is 10.4 Å². The van der Waals surface area contributed by atoms with Crippen molar-refractivity contribution < 1.29 is 0 Å². The van der Waals surface area contributed by atoms with Gasteiger partial charge in [-0.05, 0) is 6.42 Å². The van der Waals surface area contributed by atoms with Crippen LogP contribution in [0.1, 0.15) is 18.3 Å². The molecule has 0 spiro atoms. The van der Waals surface area contributed by atoms with E-state index in [0.717, 1.165) is 18.8 Å². The number of nitrogens with two attached hydrogens (primary N) is 1. The molecule has 0 bridgehead atoms. The van der Waals surface area contributed by atoms with Crippen molar-refractivity contribution >= 4 is 0 Å². The van der Waals surface area contributed by atoms with E-state index in [4.69, 9.17) is 5.84 Å². The van der Waals surface area contributed by atoms with Crippen molar-refractivity contribution in [1.82, 2.24) is 15.0 Å². The summed E-state index contributed by atoms with van der Waals surface area (Å²) in [7, 11) is 0. The number of fused-ring (bicyclic) bond motifs is 1. The Bertz CT molecular complexity index is 229. The quantitative estimate of drug-likeness (QED) is 0.417. The maximum Gasteiger partial charge on any atom is 0.127 e. The van der Waals surface area contributed by atoms with Crippen LogP contribution in [0.25, 0.3) is 0 Å². The Labute approximate surface area is 59.0 Å². The van der Waals surface area contributed by atoms with Crippen molar-refractivity contribution in [2.45, 2.75) is 19.0 Å². The summed E-state index contributed by atoms with van der Waals surface area (Å²) in [6.07, 6.45) is 4.84. The van der Waals surface area contributed by atoms with E-state index in [1.54, 1.807) is 6.20 Å². The number of aromatic nitrogens is 2. The Hall–Kier alpha value is -0.870. The molecule has 4 heteroatoms. The van der Waals surface area contributed by atoms with Gasteiger partial charge >= 0.3 is 0 Å². The van der Waals surface area contributed by atoms with E-state index in [1.165, 1.54) is 0 Å². The Morgan fingerprint density at radius 1 is 1.80 bits per heavy atom. The second kappa shape index (κ2) is 2.07. The summed E-state index contributed by atoms with van der Waals surface area (Å²) in [6.45, 7) is 1.03. The molecule has 4 nitrogen and oxygen atoms in total. The monoisotopic (exact) mass is 138 g/mol. The zero-order valence-corrected chi connectivity index (χ0v) is 5.62. The van der Waals surface area contributed by atoms with Gasteiger partial charge in [0.1, 0.15) is 5.82 Å². The van der Waals surface area contributed by atoms with Crippen molar-refractivity contribution in [3.8, 4) is 0 Å². The van der Waals surface area contributed by atoms with Gasteiger partial charge in [-0.2, -0.15) is 0 Å². The Kier molecular flexibility index (Phi) is 1.22. The van der Waals surface area contributed by atoms with E-state index < -0.39 is 0 Å². The highest BCUT2D eigenvalue weighted by Crippen LogP contribution is 2.21. The maximum atomic E-state index is 5.30. The summed E-state index contributed by atoms with van der Waals surface area (Å²) < 4.78 is 2.12. The molecule has 1 aromatic rings. The first-order chi connectivity index (χ1) is 4.92. The normalized spacial score (nSPS) is 23.1. The summed E-state index contributed by atoms with van der Waals surface area (Å²) in [4.78, 5) is 4.17.